The van der Waals surface area contributed by atoms with Crippen molar-refractivity contribution in [2.45, 2.75) is 33.4 Å². The van der Waals surface area contributed by atoms with Gasteiger partial charge in [0.1, 0.15) is 0 Å². The molecule has 0 radical (unpaired) electrons. The van der Waals surface area contributed by atoms with Crippen LogP contribution in [0.25, 0.3) is 0 Å². The topological polar surface area (TPSA) is 69.7 Å². The fourth-order valence-corrected chi connectivity index (χ4v) is 4.11. The minimum atomic E-state index is -0.790. The molecule has 1 aromatic heterocycles. The van der Waals surface area contributed by atoms with E-state index in [1.165, 1.54) is 0 Å². The zero-order valence-electron chi connectivity index (χ0n) is 15.6. The molecule has 1 aliphatic heterocycles. The van der Waals surface area contributed by atoms with E-state index in [1.54, 1.807) is 11.3 Å². The van der Waals surface area contributed by atoms with Crippen LogP contribution in [0.1, 0.15) is 37.3 Å². The molecular formula is C20H23N3O3S. The van der Waals surface area contributed by atoms with Gasteiger partial charge in [0.2, 0.25) is 0 Å². The zero-order chi connectivity index (χ0) is 19.6. The molecule has 7 heteroatoms. The fourth-order valence-electron chi connectivity index (χ4n) is 3.07. The molecule has 0 aliphatic carbocycles. The predicted octanol–water partition coefficient (Wildman–Crippen LogP) is 3.37. The maximum absolute atomic E-state index is 12.7. The first-order chi connectivity index (χ1) is 12.8. The first kappa shape index (κ1) is 19.3. The molecule has 1 atom stereocenters. The normalized spacial score (nSPS) is 16.3. The second kappa shape index (κ2) is 7.62. The van der Waals surface area contributed by atoms with Crippen molar-refractivity contribution in [3.05, 3.63) is 58.3 Å². The Morgan fingerprint density at radius 2 is 1.63 bits per heavy atom. The van der Waals surface area contributed by atoms with E-state index in [-0.39, 0.29) is 24.7 Å². The number of hydrogen-bond acceptors (Lipinski definition) is 5. The van der Waals surface area contributed by atoms with Crippen molar-refractivity contribution in [3.63, 3.8) is 0 Å². The minimum Gasteiger partial charge on any atom is -0.291 e. The Bertz CT molecular complexity index is 828. The second-order valence-electron chi connectivity index (χ2n) is 7.57. The van der Waals surface area contributed by atoms with Crippen LogP contribution >= 0.6 is 11.3 Å². The van der Waals surface area contributed by atoms with E-state index in [4.69, 9.17) is 0 Å². The molecular weight excluding hydrogens is 362 g/mol. The van der Waals surface area contributed by atoms with Crippen LogP contribution in [0.15, 0.2) is 47.8 Å². The van der Waals surface area contributed by atoms with Gasteiger partial charge in [0, 0.05) is 10.9 Å². The lowest BCUT2D eigenvalue weighted by atomic mass is 9.86. The third-order valence-electron chi connectivity index (χ3n) is 4.47. The third kappa shape index (κ3) is 4.09. The maximum Gasteiger partial charge on any atom is 0.335 e. The summed E-state index contributed by atoms with van der Waals surface area (Å²) in [6, 6.07) is 12.5. The van der Waals surface area contributed by atoms with Gasteiger partial charge in [-0.05, 0) is 22.4 Å². The van der Waals surface area contributed by atoms with Crippen LogP contribution in [-0.2, 0) is 16.1 Å². The maximum atomic E-state index is 12.7. The molecule has 4 amide bonds. The molecule has 3 rings (SSSR count). The number of imide groups is 2. The smallest absolute Gasteiger partial charge is 0.291 e. The first-order valence-corrected chi connectivity index (χ1v) is 9.65. The SMILES string of the molecule is CC(C)(C)[C@@H](NCN1C(=O)C(=O)N(Cc2ccccc2)C1=O)c1cccs1. The lowest BCUT2D eigenvalue weighted by Crippen LogP contribution is -2.43. The molecule has 0 spiro atoms. The van der Waals surface area contributed by atoms with Gasteiger partial charge in [-0.1, -0.05) is 57.2 Å². The second-order valence-corrected chi connectivity index (χ2v) is 8.55. The third-order valence-corrected chi connectivity index (χ3v) is 5.40. The van der Waals surface area contributed by atoms with Gasteiger partial charge in [0.05, 0.1) is 13.2 Å². The lowest BCUT2D eigenvalue weighted by Gasteiger charge is -2.32. The predicted molar refractivity (Wildman–Crippen MR) is 104 cm³/mol. The van der Waals surface area contributed by atoms with Crippen LogP contribution in [0.2, 0.25) is 0 Å². The van der Waals surface area contributed by atoms with E-state index >= 15 is 0 Å². The number of rotatable bonds is 6. The molecule has 1 N–H and O–H groups in total. The largest absolute Gasteiger partial charge is 0.335 e. The highest BCUT2D eigenvalue weighted by Gasteiger charge is 2.44. The highest BCUT2D eigenvalue weighted by molar-refractivity contribution is 7.10. The molecule has 0 unspecified atom stereocenters. The van der Waals surface area contributed by atoms with Gasteiger partial charge >= 0.3 is 17.8 Å². The standard InChI is InChI=1S/C20H23N3O3S/c1-20(2,3)16(15-10-7-11-27-15)21-13-23-18(25)17(24)22(19(23)26)12-14-8-5-4-6-9-14/h4-11,16,21H,12-13H2,1-3H3/t16-/m0/s1. The number of carbonyl (C=O) groups excluding carboxylic acids is 3. The Labute approximate surface area is 162 Å². The molecule has 2 aromatic rings. The number of carbonyl (C=O) groups is 3. The Morgan fingerprint density at radius 1 is 0.963 bits per heavy atom. The number of urea groups is 1. The molecule has 1 aliphatic rings. The van der Waals surface area contributed by atoms with Crippen molar-refractivity contribution in [3.8, 4) is 0 Å². The van der Waals surface area contributed by atoms with Gasteiger partial charge in [-0.3, -0.25) is 19.8 Å². The van der Waals surface area contributed by atoms with E-state index in [0.29, 0.717) is 0 Å². The van der Waals surface area contributed by atoms with E-state index in [1.807, 2.05) is 47.8 Å². The number of benzene rings is 1. The van der Waals surface area contributed by atoms with Crippen LogP contribution in [0, 0.1) is 5.41 Å². The van der Waals surface area contributed by atoms with E-state index in [9.17, 15) is 14.4 Å². The van der Waals surface area contributed by atoms with Gasteiger partial charge in [0.25, 0.3) is 0 Å². The van der Waals surface area contributed by atoms with Crippen molar-refractivity contribution in [2.75, 3.05) is 6.67 Å². The summed E-state index contributed by atoms with van der Waals surface area (Å²) >= 11 is 1.62. The van der Waals surface area contributed by atoms with Crippen molar-refractivity contribution >= 4 is 29.2 Å². The summed E-state index contributed by atoms with van der Waals surface area (Å²) in [7, 11) is 0. The number of nitrogens with zero attached hydrogens (tertiary/aromatic N) is 2. The number of amides is 4. The van der Waals surface area contributed by atoms with Crippen molar-refractivity contribution in [1.29, 1.82) is 0 Å². The van der Waals surface area contributed by atoms with Crippen LogP contribution in [-0.4, -0.2) is 34.3 Å². The first-order valence-electron chi connectivity index (χ1n) is 8.77. The molecule has 2 heterocycles. The summed E-state index contributed by atoms with van der Waals surface area (Å²) in [5, 5.41) is 5.28. The van der Waals surface area contributed by atoms with Gasteiger partial charge in [-0.2, -0.15) is 0 Å². The molecule has 27 heavy (non-hydrogen) atoms. The molecule has 142 valence electrons. The number of hydrogen-bond donors (Lipinski definition) is 1. The summed E-state index contributed by atoms with van der Waals surface area (Å²) in [6.07, 6.45) is 0. The zero-order valence-corrected chi connectivity index (χ0v) is 16.5. The molecule has 1 saturated heterocycles. The summed E-state index contributed by atoms with van der Waals surface area (Å²) in [5.74, 6) is -1.57. The van der Waals surface area contributed by atoms with E-state index < -0.39 is 17.8 Å². The van der Waals surface area contributed by atoms with Crippen LogP contribution < -0.4 is 5.32 Å². The van der Waals surface area contributed by atoms with Gasteiger partial charge in [-0.15, -0.1) is 11.3 Å². The molecule has 6 nitrogen and oxygen atoms in total. The summed E-state index contributed by atoms with van der Waals surface area (Å²) in [5.41, 5.74) is 0.678. The summed E-state index contributed by atoms with van der Waals surface area (Å²) in [4.78, 5) is 40.4. The fraction of sp³-hybridized carbons (Fsp3) is 0.350. The summed E-state index contributed by atoms with van der Waals surface area (Å²) < 4.78 is 0. The molecule has 1 aromatic carbocycles. The lowest BCUT2D eigenvalue weighted by molar-refractivity contribution is -0.143. The van der Waals surface area contributed by atoms with Crippen molar-refractivity contribution in [1.82, 2.24) is 15.1 Å². The Morgan fingerprint density at radius 3 is 2.22 bits per heavy atom. The summed E-state index contributed by atoms with van der Waals surface area (Å²) in [6.45, 7) is 6.35. The van der Waals surface area contributed by atoms with Crippen molar-refractivity contribution in [2.24, 2.45) is 5.41 Å². The van der Waals surface area contributed by atoms with Crippen LogP contribution in [0.4, 0.5) is 4.79 Å². The molecule has 0 bridgehead atoms. The molecule has 1 fully saturated rings. The van der Waals surface area contributed by atoms with Crippen molar-refractivity contribution < 1.29 is 14.4 Å². The average molecular weight is 385 g/mol. The van der Waals surface area contributed by atoms with Crippen LogP contribution in [0.3, 0.4) is 0 Å². The van der Waals surface area contributed by atoms with Gasteiger partial charge in [-0.25, -0.2) is 9.69 Å². The Balaban J connectivity index is 1.72. The highest BCUT2D eigenvalue weighted by atomic mass is 32.1. The monoisotopic (exact) mass is 385 g/mol. The Hall–Kier alpha value is -2.51. The van der Waals surface area contributed by atoms with E-state index in [2.05, 4.69) is 26.1 Å². The van der Waals surface area contributed by atoms with Gasteiger partial charge < -0.3 is 0 Å². The van der Waals surface area contributed by atoms with Gasteiger partial charge in [0.15, 0.2) is 0 Å². The molecule has 0 saturated carbocycles. The average Bonchev–Trinajstić information content (AvgIpc) is 3.21. The minimum absolute atomic E-state index is 0.00542. The van der Waals surface area contributed by atoms with Crippen LogP contribution in [0.5, 0.6) is 0 Å². The highest BCUT2D eigenvalue weighted by Crippen LogP contribution is 2.35. The number of thiophene rings is 1. The number of nitrogens with one attached hydrogen (secondary N) is 1. The van der Waals surface area contributed by atoms with E-state index in [0.717, 1.165) is 20.2 Å². The quantitative estimate of drug-likeness (QED) is 0.611. The Kier molecular flexibility index (Phi) is 5.43.